The maximum Gasteiger partial charge on any atom is 0.0951 e. The number of rotatable bonds is 6. The summed E-state index contributed by atoms with van der Waals surface area (Å²) >= 11 is 0. The predicted molar refractivity (Wildman–Crippen MR) is 79.2 cm³/mol. The molecule has 2 heterocycles. The topological polar surface area (TPSA) is 33.1 Å². The van der Waals surface area contributed by atoms with Crippen LogP contribution < -0.4 is 5.32 Å². The van der Waals surface area contributed by atoms with Crippen molar-refractivity contribution in [1.82, 2.24) is 19.8 Å². The van der Waals surface area contributed by atoms with Gasteiger partial charge in [-0.25, -0.2) is 4.98 Å². The van der Waals surface area contributed by atoms with Gasteiger partial charge < -0.3 is 14.8 Å². The summed E-state index contributed by atoms with van der Waals surface area (Å²) in [6.45, 7) is 11.3. The minimum Gasteiger partial charge on any atom is -0.331 e. The molecule has 4 heteroatoms. The van der Waals surface area contributed by atoms with Gasteiger partial charge in [0.05, 0.1) is 12.0 Å². The zero-order valence-electron chi connectivity index (χ0n) is 12.6. The zero-order chi connectivity index (χ0) is 13.7. The lowest BCUT2D eigenvalue weighted by Gasteiger charge is -2.29. The van der Waals surface area contributed by atoms with Crippen LogP contribution in [0.1, 0.15) is 51.8 Å². The number of piperidine rings is 1. The standard InChI is InChI=1S/C15H28N4/c1-13(2)19-12-16-9-15(19)10-17-14(3)11-18-7-5-4-6-8-18/h9,12-14,17H,4-8,10-11H2,1-3H3. The molecule has 0 amide bonds. The van der Waals surface area contributed by atoms with Crippen LogP contribution in [0.15, 0.2) is 12.5 Å². The highest BCUT2D eigenvalue weighted by Gasteiger charge is 2.13. The number of imidazole rings is 1. The van der Waals surface area contributed by atoms with Gasteiger partial charge in [-0.2, -0.15) is 0 Å². The average molecular weight is 264 g/mol. The third kappa shape index (κ3) is 4.32. The van der Waals surface area contributed by atoms with Crippen LogP contribution in [-0.2, 0) is 6.54 Å². The lowest BCUT2D eigenvalue weighted by molar-refractivity contribution is 0.208. The molecule has 108 valence electrons. The van der Waals surface area contributed by atoms with Gasteiger partial charge >= 0.3 is 0 Å². The molecule has 4 nitrogen and oxygen atoms in total. The second-order valence-electron chi connectivity index (χ2n) is 6.03. The molecular formula is C15H28N4. The smallest absolute Gasteiger partial charge is 0.0951 e. The number of likely N-dealkylation sites (tertiary alicyclic amines) is 1. The van der Waals surface area contributed by atoms with E-state index < -0.39 is 0 Å². The molecule has 2 rings (SSSR count). The zero-order valence-corrected chi connectivity index (χ0v) is 12.6. The molecule has 19 heavy (non-hydrogen) atoms. The number of nitrogens with one attached hydrogen (secondary N) is 1. The van der Waals surface area contributed by atoms with E-state index in [1.807, 2.05) is 12.5 Å². The molecule has 0 aromatic carbocycles. The first-order chi connectivity index (χ1) is 9.16. The highest BCUT2D eigenvalue weighted by atomic mass is 15.2. The maximum absolute atomic E-state index is 4.25. The lowest BCUT2D eigenvalue weighted by Crippen LogP contribution is -2.41. The van der Waals surface area contributed by atoms with Crippen molar-refractivity contribution in [2.45, 2.75) is 58.7 Å². The van der Waals surface area contributed by atoms with Gasteiger partial charge in [-0.3, -0.25) is 0 Å². The molecule has 1 atom stereocenters. The van der Waals surface area contributed by atoms with Crippen LogP contribution in [0, 0.1) is 0 Å². The summed E-state index contributed by atoms with van der Waals surface area (Å²) in [7, 11) is 0. The molecule has 1 aromatic heterocycles. The summed E-state index contributed by atoms with van der Waals surface area (Å²) in [5, 5.41) is 3.63. The van der Waals surface area contributed by atoms with Crippen molar-refractivity contribution in [3.05, 3.63) is 18.2 Å². The van der Waals surface area contributed by atoms with Crippen LogP contribution in [0.4, 0.5) is 0 Å². The molecule has 1 aromatic rings. The van der Waals surface area contributed by atoms with Crippen molar-refractivity contribution >= 4 is 0 Å². The van der Waals surface area contributed by atoms with Gasteiger partial charge in [0.2, 0.25) is 0 Å². The first-order valence-corrected chi connectivity index (χ1v) is 7.63. The minimum atomic E-state index is 0.483. The fourth-order valence-corrected chi connectivity index (χ4v) is 2.81. The van der Waals surface area contributed by atoms with Gasteiger partial charge in [-0.15, -0.1) is 0 Å². The van der Waals surface area contributed by atoms with Crippen LogP contribution in [-0.4, -0.2) is 40.1 Å². The van der Waals surface area contributed by atoms with Crippen molar-refractivity contribution in [2.75, 3.05) is 19.6 Å². The molecule has 1 fully saturated rings. The van der Waals surface area contributed by atoms with Gasteiger partial charge in [0.15, 0.2) is 0 Å². The van der Waals surface area contributed by atoms with Gasteiger partial charge in [0.1, 0.15) is 0 Å². The Balaban J connectivity index is 1.76. The summed E-state index contributed by atoms with van der Waals surface area (Å²) < 4.78 is 2.24. The van der Waals surface area contributed by atoms with Crippen LogP contribution in [0.2, 0.25) is 0 Å². The van der Waals surface area contributed by atoms with Crippen molar-refractivity contribution in [3.8, 4) is 0 Å². The molecule has 1 aliphatic heterocycles. The van der Waals surface area contributed by atoms with E-state index in [-0.39, 0.29) is 0 Å². The first-order valence-electron chi connectivity index (χ1n) is 7.63. The Morgan fingerprint density at radius 1 is 1.21 bits per heavy atom. The van der Waals surface area contributed by atoms with E-state index in [1.54, 1.807) is 0 Å². The number of hydrogen-bond donors (Lipinski definition) is 1. The normalized spacial score (nSPS) is 18.9. The summed E-state index contributed by atoms with van der Waals surface area (Å²) in [6, 6.07) is 1.02. The second kappa shape index (κ2) is 7.06. The molecule has 0 radical (unpaired) electrons. The molecule has 0 spiro atoms. The summed E-state index contributed by atoms with van der Waals surface area (Å²) in [5.41, 5.74) is 1.28. The van der Waals surface area contributed by atoms with Gasteiger partial charge in [-0.1, -0.05) is 6.42 Å². The number of aromatic nitrogens is 2. The second-order valence-corrected chi connectivity index (χ2v) is 6.03. The lowest BCUT2D eigenvalue weighted by atomic mass is 10.1. The van der Waals surface area contributed by atoms with Crippen molar-refractivity contribution in [2.24, 2.45) is 0 Å². The van der Waals surface area contributed by atoms with E-state index in [4.69, 9.17) is 0 Å². The molecule has 0 saturated carbocycles. The molecule has 1 unspecified atom stereocenters. The van der Waals surface area contributed by atoms with Gasteiger partial charge in [0, 0.05) is 31.4 Å². The first kappa shape index (κ1) is 14.5. The van der Waals surface area contributed by atoms with Crippen molar-refractivity contribution < 1.29 is 0 Å². The Bertz CT molecular complexity index is 366. The monoisotopic (exact) mass is 264 g/mol. The average Bonchev–Trinajstić information content (AvgIpc) is 2.86. The highest BCUT2D eigenvalue weighted by Crippen LogP contribution is 2.10. The van der Waals surface area contributed by atoms with Gasteiger partial charge in [-0.05, 0) is 46.7 Å². The molecule has 0 bridgehead atoms. The fraction of sp³-hybridized carbons (Fsp3) is 0.800. The highest BCUT2D eigenvalue weighted by molar-refractivity contribution is 4.99. The van der Waals surface area contributed by atoms with Crippen LogP contribution in [0.5, 0.6) is 0 Å². The van der Waals surface area contributed by atoms with E-state index in [1.165, 1.54) is 38.0 Å². The number of nitrogens with zero attached hydrogens (tertiary/aromatic N) is 3. The summed E-state index contributed by atoms with van der Waals surface area (Å²) in [6.07, 6.45) is 8.04. The Hall–Kier alpha value is -0.870. The number of hydrogen-bond acceptors (Lipinski definition) is 3. The summed E-state index contributed by atoms with van der Waals surface area (Å²) in [5.74, 6) is 0. The molecule has 1 aliphatic rings. The van der Waals surface area contributed by atoms with Crippen LogP contribution in [0.3, 0.4) is 0 Å². The van der Waals surface area contributed by atoms with Crippen LogP contribution >= 0.6 is 0 Å². The van der Waals surface area contributed by atoms with E-state index in [0.29, 0.717) is 12.1 Å². The maximum atomic E-state index is 4.25. The molecule has 0 aliphatic carbocycles. The largest absolute Gasteiger partial charge is 0.331 e. The fourth-order valence-electron chi connectivity index (χ4n) is 2.81. The minimum absolute atomic E-state index is 0.483. The third-order valence-corrected chi connectivity index (χ3v) is 3.91. The molecule has 1 N–H and O–H groups in total. The Morgan fingerprint density at radius 3 is 2.63 bits per heavy atom. The van der Waals surface area contributed by atoms with E-state index in [2.05, 4.69) is 40.5 Å². The van der Waals surface area contributed by atoms with E-state index >= 15 is 0 Å². The third-order valence-electron chi connectivity index (χ3n) is 3.91. The van der Waals surface area contributed by atoms with Crippen molar-refractivity contribution in [1.29, 1.82) is 0 Å². The van der Waals surface area contributed by atoms with Crippen molar-refractivity contribution in [3.63, 3.8) is 0 Å². The summed E-state index contributed by atoms with van der Waals surface area (Å²) in [4.78, 5) is 6.83. The Labute approximate surface area is 117 Å². The predicted octanol–water partition coefficient (Wildman–Crippen LogP) is 2.43. The van der Waals surface area contributed by atoms with E-state index in [0.717, 1.165) is 13.1 Å². The van der Waals surface area contributed by atoms with Crippen LogP contribution in [0.25, 0.3) is 0 Å². The van der Waals surface area contributed by atoms with E-state index in [9.17, 15) is 0 Å². The Kier molecular flexibility index (Phi) is 5.40. The molecular weight excluding hydrogens is 236 g/mol. The molecule has 1 saturated heterocycles. The van der Waals surface area contributed by atoms with Gasteiger partial charge in [0.25, 0.3) is 0 Å². The SMILES string of the molecule is CC(CN1CCCCC1)NCc1cncn1C(C)C. The Morgan fingerprint density at radius 2 is 1.95 bits per heavy atom. The quantitative estimate of drug-likeness (QED) is 0.856.